The SMILES string of the molecule is [Fe+3].[O-][Si]([O-])([O-])[O-].[Zn+]. The van der Waals surface area contributed by atoms with Gasteiger partial charge >= 0.3 is 36.5 Å². The van der Waals surface area contributed by atoms with E-state index < -0.39 is 9.05 Å². The molecule has 7 heavy (non-hydrogen) atoms. The van der Waals surface area contributed by atoms with Gasteiger partial charge in [-0.1, -0.05) is 0 Å². The van der Waals surface area contributed by atoms with E-state index in [1.54, 1.807) is 0 Å². The third kappa shape index (κ3) is 135. The fourth-order valence-corrected chi connectivity index (χ4v) is 0. The van der Waals surface area contributed by atoms with E-state index >= 15 is 0 Å². The van der Waals surface area contributed by atoms with Crippen LogP contribution in [-0.4, -0.2) is 9.05 Å². The first-order chi connectivity index (χ1) is 2.00. The van der Waals surface area contributed by atoms with Crippen LogP contribution in [0.4, 0.5) is 0 Å². The number of rotatable bonds is 0. The summed E-state index contributed by atoms with van der Waals surface area (Å²) in [5.74, 6) is 0. The average Bonchev–Trinajstić information content (AvgIpc) is 0.722. The van der Waals surface area contributed by atoms with E-state index in [2.05, 4.69) is 0 Å². The molecule has 0 rings (SSSR count). The van der Waals surface area contributed by atoms with Crippen LogP contribution in [0.2, 0.25) is 0 Å². The Morgan fingerprint density at radius 1 is 0.857 bits per heavy atom. The van der Waals surface area contributed by atoms with Gasteiger partial charge in [-0.3, -0.25) is 0 Å². The molecule has 0 bridgehead atoms. The van der Waals surface area contributed by atoms with E-state index in [1.165, 1.54) is 0 Å². The first-order valence-corrected chi connectivity index (χ1v) is 2.45. The molecule has 38 valence electrons. The van der Waals surface area contributed by atoms with E-state index in [9.17, 15) is 0 Å². The Balaban J connectivity index is -0.0000000800. The summed E-state index contributed by atoms with van der Waals surface area (Å²) in [5, 5.41) is 0. The summed E-state index contributed by atoms with van der Waals surface area (Å²) in [6.45, 7) is 0. The van der Waals surface area contributed by atoms with Gasteiger partial charge in [0.2, 0.25) is 0 Å². The van der Waals surface area contributed by atoms with E-state index in [4.69, 9.17) is 19.2 Å². The Morgan fingerprint density at radius 2 is 0.857 bits per heavy atom. The molecule has 4 nitrogen and oxygen atoms in total. The molecule has 0 aromatic rings. The van der Waals surface area contributed by atoms with Crippen molar-refractivity contribution in [3.63, 3.8) is 0 Å². The zero-order chi connectivity index (χ0) is 4.50. The molecule has 0 saturated carbocycles. The molecule has 2 radical (unpaired) electrons. The van der Waals surface area contributed by atoms with Crippen LogP contribution in [0.15, 0.2) is 0 Å². The second-order valence-corrected chi connectivity index (χ2v) is 1.50. The minimum absolute atomic E-state index is 0. The minimum Gasteiger partial charge on any atom is -0.894 e. The van der Waals surface area contributed by atoms with E-state index in [0.717, 1.165) is 0 Å². The van der Waals surface area contributed by atoms with Gasteiger partial charge < -0.3 is 28.2 Å². The summed E-state index contributed by atoms with van der Waals surface area (Å²) in [6, 6.07) is 0. The largest absolute Gasteiger partial charge is 3.00 e. The van der Waals surface area contributed by atoms with Crippen molar-refractivity contribution in [3.8, 4) is 0 Å². The van der Waals surface area contributed by atoms with Crippen molar-refractivity contribution in [3.05, 3.63) is 0 Å². The van der Waals surface area contributed by atoms with Crippen LogP contribution in [0.1, 0.15) is 0 Å². The van der Waals surface area contributed by atoms with Gasteiger partial charge in [0.25, 0.3) is 0 Å². The molecule has 0 fully saturated rings. The molecule has 0 heterocycles. The predicted octanol–water partition coefficient (Wildman–Crippen LogP) is -5.14. The molecule has 7 heteroatoms. The summed E-state index contributed by atoms with van der Waals surface area (Å²) in [5.41, 5.74) is 0. The van der Waals surface area contributed by atoms with E-state index in [0.29, 0.717) is 0 Å². The summed E-state index contributed by atoms with van der Waals surface area (Å²) in [7, 11) is -5.61. The smallest absolute Gasteiger partial charge is 0.894 e. The third-order valence-corrected chi connectivity index (χ3v) is 0. The first-order valence-electron chi connectivity index (χ1n) is 0.816. The summed E-state index contributed by atoms with van der Waals surface area (Å²) in [4.78, 5) is 34.3. The fourth-order valence-electron chi connectivity index (χ4n) is 0. The van der Waals surface area contributed by atoms with Gasteiger partial charge in [0.15, 0.2) is 0 Å². The molecular weight excluding hydrogens is 213 g/mol. The molecule has 0 spiro atoms. The Hall–Kier alpha value is 1.20. The standard InChI is InChI=1S/Fe.O4Si.Zn/c;1-5(2,3)4;/q+3;-4;+1. The molecule has 0 aliphatic carbocycles. The van der Waals surface area contributed by atoms with Crippen molar-refractivity contribution < 1.29 is 55.7 Å². The van der Waals surface area contributed by atoms with Gasteiger partial charge in [-0.25, -0.2) is 0 Å². The van der Waals surface area contributed by atoms with Gasteiger partial charge in [0.1, 0.15) is 0 Å². The monoisotopic (exact) mass is 212 g/mol. The van der Waals surface area contributed by atoms with E-state index in [-0.39, 0.29) is 36.5 Å². The van der Waals surface area contributed by atoms with Crippen molar-refractivity contribution in [1.29, 1.82) is 0 Å². The topological polar surface area (TPSA) is 92.2 Å². The summed E-state index contributed by atoms with van der Waals surface area (Å²) in [6.07, 6.45) is 0. The molecule has 0 amide bonds. The maximum Gasteiger partial charge on any atom is 3.00 e. The molecule has 0 aromatic heterocycles. The summed E-state index contributed by atoms with van der Waals surface area (Å²) < 4.78 is 0. The molecule has 0 aliphatic heterocycles. The molecule has 0 N–H and O–H groups in total. The summed E-state index contributed by atoms with van der Waals surface area (Å²) >= 11 is 0. The molecular formula is FeO4SiZn. The Bertz CT molecular complexity index is 27.2. The van der Waals surface area contributed by atoms with Crippen LogP contribution in [-0.2, 0) is 36.5 Å². The van der Waals surface area contributed by atoms with Crippen LogP contribution >= 0.6 is 0 Å². The third-order valence-electron chi connectivity index (χ3n) is 0. The van der Waals surface area contributed by atoms with Crippen molar-refractivity contribution >= 4 is 9.05 Å². The predicted molar refractivity (Wildman–Crippen MR) is 5.75 cm³/mol. The molecule has 0 atom stereocenters. The Morgan fingerprint density at radius 3 is 0.857 bits per heavy atom. The molecule has 0 aromatic carbocycles. The maximum absolute atomic E-state index is 8.58. The number of hydrogen-bond acceptors (Lipinski definition) is 4. The van der Waals surface area contributed by atoms with Crippen molar-refractivity contribution in [2.75, 3.05) is 0 Å². The van der Waals surface area contributed by atoms with E-state index in [1.807, 2.05) is 0 Å². The quantitative estimate of drug-likeness (QED) is 0.376. The maximum atomic E-state index is 8.58. The van der Waals surface area contributed by atoms with Gasteiger partial charge in [-0.2, -0.15) is 0 Å². The second-order valence-electron chi connectivity index (χ2n) is 0.500. The molecule has 0 saturated heterocycles. The Labute approximate surface area is 64.9 Å². The Kier molecular flexibility index (Phi) is 12.0. The fraction of sp³-hybridized carbons (Fsp3) is 0. The van der Waals surface area contributed by atoms with Crippen LogP contribution in [0.3, 0.4) is 0 Å². The zero-order valence-corrected chi connectivity index (χ0v) is 8.26. The van der Waals surface area contributed by atoms with Crippen LogP contribution in [0.5, 0.6) is 0 Å². The van der Waals surface area contributed by atoms with Gasteiger partial charge in [0, 0.05) is 0 Å². The minimum atomic E-state index is -5.61. The van der Waals surface area contributed by atoms with Gasteiger partial charge in [0.05, 0.1) is 0 Å². The second kappa shape index (κ2) is 5.34. The molecule has 0 aliphatic rings. The first kappa shape index (κ1) is 15.7. The van der Waals surface area contributed by atoms with Crippen LogP contribution in [0, 0.1) is 0 Å². The van der Waals surface area contributed by atoms with Crippen LogP contribution in [0.25, 0.3) is 0 Å². The van der Waals surface area contributed by atoms with Gasteiger partial charge in [-0.05, 0) is 0 Å². The zero-order valence-electron chi connectivity index (χ0n) is 3.19. The average molecular weight is 213 g/mol. The van der Waals surface area contributed by atoms with Gasteiger partial charge in [-0.15, -0.1) is 0 Å². The molecule has 0 unspecified atom stereocenters. The number of hydrogen-bond donors (Lipinski definition) is 0. The normalized spacial score (nSPS) is 8.57. The van der Waals surface area contributed by atoms with Crippen LogP contribution < -0.4 is 19.2 Å². The van der Waals surface area contributed by atoms with Crippen molar-refractivity contribution in [1.82, 2.24) is 0 Å². The van der Waals surface area contributed by atoms with Crippen molar-refractivity contribution in [2.24, 2.45) is 0 Å². The van der Waals surface area contributed by atoms with Crippen molar-refractivity contribution in [2.45, 2.75) is 0 Å².